The molecular formula is C14H14ClFN2O2S. The number of halogens is 2. The minimum absolute atomic E-state index is 0.0254. The highest BCUT2D eigenvalue weighted by Crippen LogP contribution is 2.28. The van der Waals surface area contributed by atoms with Gasteiger partial charge in [-0.15, -0.1) is 0 Å². The summed E-state index contributed by atoms with van der Waals surface area (Å²) in [5.74, 6) is -0.0519. The summed E-state index contributed by atoms with van der Waals surface area (Å²) < 4.78 is 37.2. The molecule has 0 bridgehead atoms. The zero-order chi connectivity index (χ0) is 15.0. The topological polar surface area (TPSA) is 59.1 Å². The Hall–Kier alpha value is -1.40. The number of benzene rings is 1. The van der Waals surface area contributed by atoms with Crippen molar-refractivity contribution in [3.05, 3.63) is 35.2 Å². The molecule has 112 valence electrons. The molecule has 0 unspecified atom stereocenters. The monoisotopic (exact) mass is 328 g/mol. The van der Waals surface area contributed by atoms with Crippen LogP contribution in [-0.2, 0) is 9.84 Å². The molecule has 0 spiro atoms. The van der Waals surface area contributed by atoms with Crippen molar-refractivity contribution in [1.82, 2.24) is 4.98 Å². The van der Waals surface area contributed by atoms with Gasteiger partial charge in [0.05, 0.1) is 22.2 Å². The van der Waals surface area contributed by atoms with Gasteiger partial charge < -0.3 is 5.32 Å². The van der Waals surface area contributed by atoms with Crippen molar-refractivity contribution in [3.63, 3.8) is 0 Å². The first kappa shape index (κ1) is 14.5. The van der Waals surface area contributed by atoms with Gasteiger partial charge in [0.15, 0.2) is 15.7 Å². The van der Waals surface area contributed by atoms with Gasteiger partial charge >= 0.3 is 0 Å². The molecule has 0 amide bonds. The number of hydrogen-bond donors (Lipinski definition) is 1. The molecule has 7 heteroatoms. The van der Waals surface area contributed by atoms with Crippen LogP contribution in [0, 0.1) is 11.7 Å². The highest BCUT2D eigenvalue weighted by Gasteiger charge is 2.27. The predicted octanol–water partition coefficient (Wildman–Crippen LogP) is 2.87. The SMILES string of the molecule is O=S1(=O)CC[C@H](CNc2ccc3c(Cl)ccnc3c2F)C1. The average molecular weight is 329 g/mol. The first-order valence-corrected chi connectivity index (χ1v) is 8.83. The fourth-order valence-corrected chi connectivity index (χ4v) is 4.65. The van der Waals surface area contributed by atoms with E-state index in [1.54, 1.807) is 18.2 Å². The summed E-state index contributed by atoms with van der Waals surface area (Å²) in [7, 11) is -2.91. The third kappa shape index (κ3) is 2.96. The van der Waals surface area contributed by atoms with Gasteiger partial charge in [-0.1, -0.05) is 11.6 Å². The van der Waals surface area contributed by atoms with Gasteiger partial charge in [0.2, 0.25) is 0 Å². The molecule has 1 N–H and O–H groups in total. The highest BCUT2D eigenvalue weighted by atomic mass is 35.5. The molecule has 21 heavy (non-hydrogen) atoms. The normalized spacial score (nSPS) is 20.8. The highest BCUT2D eigenvalue weighted by molar-refractivity contribution is 7.91. The number of pyridine rings is 1. The quantitative estimate of drug-likeness (QED) is 0.941. The summed E-state index contributed by atoms with van der Waals surface area (Å²) >= 11 is 6.00. The van der Waals surface area contributed by atoms with Gasteiger partial charge in [-0.3, -0.25) is 4.98 Å². The lowest BCUT2D eigenvalue weighted by Crippen LogP contribution is -2.16. The molecular weight excluding hydrogens is 315 g/mol. The molecule has 1 aromatic carbocycles. The number of nitrogens with one attached hydrogen (secondary N) is 1. The third-order valence-corrected chi connectivity index (χ3v) is 5.87. The van der Waals surface area contributed by atoms with Gasteiger partial charge in [-0.2, -0.15) is 0 Å². The van der Waals surface area contributed by atoms with E-state index in [0.29, 0.717) is 29.1 Å². The summed E-state index contributed by atoms with van der Waals surface area (Å²) in [6.07, 6.45) is 2.08. The first-order valence-electron chi connectivity index (χ1n) is 6.63. The molecule has 1 fully saturated rings. The van der Waals surface area contributed by atoms with Crippen LogP contribution in [0.3, 0.4) is 0 Å². The average Bonchev–Trinajstić information content (AvgIpc) is 2.78. The van der Waals surface area contributed by atoms with E-state index < -0.39 is 15.7 Å². The molecule has 1 aliphatic heterocycles. The fraction of sp³-hybridized carbons (Fsp3) is 0.357. The summed E-state index contributed by atoms with van der Waals surface area (Å²) in [6, 6.07) is 4.93. The summed E-state index contributed by atoms with van der Waals surface area (Å²) in [5.41, 5.74) is 0.535. The van der Waals surface area contributed by atoms with Crippen LogP contribution in [0.1, 0.15) is 6.42 Å². The summed E-state index contributed by atoms with van der Waals surface area (Å²) in [5, 5.41) is 3.99. The van der Waals surface area contributed by atoms with Gasteiger partial charge in [-0.25, -0.2) is 12.8 Å². The van der Waals surface area contributed by atoms with Crippen molar-refractivity contribution in [2.75, 3.05) is 23.4 Å². The Morgan fingerprint density at radius 3 is 2.90 bits per heavy atom. The molecule has 2 heterocycles. The minimum atomic E-state index is -2.91. The number of nitrogens with zero attached hydrogens (tertiary/aromatic N) is 1. The molecule has 0 saturated carbocycles. The van der Waals surface area contributed by atoms with E-state index in [4.69, 9.17) is 11.6 Å². The van der Waals surface area contributed by atoms with Gasteiger partial charge in [-0.05, 0) is 30.5 Å². The van der Waals surface area contributed by atoms with Crippen LogP contribution in [0.2, 0.25) is 5.02 Å². The van der Waals surface area contributed by atoms with Crippen LogP contribution >= 0.6 is 11.6 Å². The van der Waals surface area contributed by atoms with Crippen molar-refractivity contribution >= 4 is 38.0 Å². The Bertz CT molecular complexity index is 795. The standard InChI is InChI=1S/C14H14ClFN2O2S/c15-11-3-5-17-14-10(11)1-2-12(13(14)16)18-7-9-4-6-21(19,20)8-9/h1-3,5,9,18H,4,6-8H2/t9-/m1/s1. The van der Waals surface area contributed by atoms with Gasteiger partial charge in [0.1, 0.15) is 5.52 Å². The van der Waals surface area contributed by atoms with Gasteiger partial charge in [0.25, 0.3) is 0 Å². The lowest BCUT2D eigenvalue weighted by Gasteiger charge is -2.12. The maximum absolute atomic E-state index is 14.4. The third-order valence-electron chi connectivity index (χ3n) is 3.71. The number of sulfone groups is 1. The van der Waals surface area contributed by atoms with Crippen molar-refractivity contribution in [2.45, 2.75) is 6.42 Å². The Morgan fingerprint density at radius 2 is 2.19 bits per heavy atom. The molecule has 0 radical (unpaired) electrons. The molecule has 1 atom stereocenters. The Balaban J connectivity index is 1.80. The summed E-state index contributed by atoms with van der Waals surface area (Å²) in [4.78, 5) is 4.01. The van der Waals surface area contributed by atoms with E-state index in [2.05, 4.69) is 10.3 Å². The Kier molecular flexibility index (Phi) is 3.75. The molecule has 4 nitrogen and oxygen atoms in total. The number of anilines is 1. The number of fused-ring (bicyclic) bond motifs is 1. The van der Waals surface area contributed by atoms with E-state index in [1.165, 1.54) is 6.20 Å². The zero-order valence-corrected chi connectivity index (χ0v) is 12.7. The number of hydrogen-bond acceptors (Lipinski definition) is 4. The van der Waals surface area contributed by atoms with E-state index in [1.807, 2.05) is 0 Å². The molecule has 3 rings (SSSR count). The van der Waals surface area contributed by atoms with E-state index >= 15 is 0 Å². The second-order valence-electron chi connectivity index (χ2n) is 5.27. The van der Waals surface area contributed by atoms with Crippen LogP contribution < -0.4 is 5.32 Å². The van der Waals surface area contributed by atoms with Crippen molar-refractivity contribution in [1.29, 1.82) is 0 Å². The lowest BCUT2D eigenvalue weighted by molar-refractivity contribution is 0.594. The molecule has 1 aliphatic rings. The molecule has 0 aliphatic carbocycles. The van der Waals surface area contributed by atoms with Crippen LogP contribution in [0.5, 0.6) is 0 Å². The number of rotatable bonds is 3. The smallest absolute Gasteiger partial charge is 0.172 e. The summed E-state index contributed by atoms with van der Waals surface area (Å²) in [6.45, 7) is 0.433. The first-order chi connectivity index (χ1) is 9.96. The van der Waals surface area contributed by atoms with Crippen molar-refractivity contribution in [2.24, 2.45) is 5.92 Å². The predicted molar refractivity (Wildman–Crippen MR) is 82.0 cm³/mol. The van der Waals surface area contributed by atoms with Crippen LogP contribution in [0.4, 0.5) is 10.1 Å². The van der Waals surface area contributed by atoms with Crippen LogP contribution in [-0.4, -0.2) is 31.5 Å². The molecule has 2 aromatic rings. The van der Waals surface area contributed by atoms with E-state index in [0.717, 1.165) is 0 Å². The molecule has 1 aromatic heterocycles. The van der Waals surface area contributed by atoms with E-state index in [-0.39, 0.29) is 22.9 Å². The van der Waals surface area contributed by atoms with Crippen molar-refractivity contribution < 1.29 is 12.8 Å². The second-order valence-corrected chi connectivity index (χ2v) is 7.90. The second kappa shape index (κ2) is 5.42. The zero-order valence-electron chi connectivity index (χ0n) is 11.1. The fourth-order valence-electron chi connectivity index (χ4n) is 2.57. The Labute approximate surface area is 127 Å². The lowest BCUT2D eigenvalue weighted by atomic mass is 10.1. The Morgan fingerprint density at radius 1 is 1.38 bits per heavy atom. The molecule has 1 saturated heterocycles. The van der Waals surface area contributed by atoms with Gasteiger partial charge in [0, 0.05) is 18.1 Å². The van der Waals surface area contributed by atoms with Crippen molar-refractivity contribution in [3.8, 4) is 0 Å². The number of aromatic nitrogens is 1. The maximum atomic E-state index is 14.4. The maximum Gasteiger partial charge on any atom is 0.172 e. The minimum Gasteiger partial charge on any atom is -0.382 e. The van der Waals surface area contributed by atoms with E-state index in [9.17, 15) is 12.8 Å². The van der Waals surface area contributed by atoms with Crippen LogP contribution in [0.15, 0.2) is 24.4 Å². The largest absolute Gasteiger partial charge is 0.382 e. The van der Waals surface area contributed by atoms with Crippen LogP contribution in [0.25, 0.3) is 10.9 Å².